The SMILES string of the molecule is CC1=C(C(=O)NC(C)CN2CCc3ccccc3C2)OCCO1.O=CO. The summed E-state index contributed by atoms with van der Waals surface area (Å²) in [4.78, 5) is 23.0. The summed E-state index contributed by atoms with van der Waals surface area (Å²) in [6, 6.07) is 8.63. The molecular weight excluding hydrogens is 336 g/mol. The average Bonchev–Trinajstić information content (AvgIpc) is 2.62. The third-order valence-electron chi connectivity index (χ3n) is 4.29. The van der Waals surface area contributed by atoms with Crippen molar-refractivity contribution >= 4 is 12.4 Å². The summed E-state index contributed by atoms with van der Waals surface area (Å²) in [5.41, 5.74) is 2.83. The van der Waals surface area contributed by atoms with Crippen molar-refractivity contribution in [2.45, 2.75) is 32.9 Å². The van der Waals surface area contributed by atoms with E-state index in [9.17, 15) is 4.79 Å². The fourth-order valence-electron chi connectivity index (χ4n) is 3.16. The Bertz CT molecular complexity index is 659. The van der Waals surface area contributed by atoms with Crippen molar-refractivity contribution in [1.29, 1.82) is 0 Å². The molecule has 142 valence electrons. The lowest BCUT2D eigenvalue weighted by Crippen LogP contribution is -2.44. The highest BCUT2D eigenvalue weighted by Gasteiger charge is 2.23. The molecule has 0 saturated carbocycles. The van der Waals surface area contributed by atoms with Crippen molar-refractivity contribution < 1.29 is 24.2 Å². The number of amides is 1. The standard InChI is InChI=1S/C18H24N2O3.CH2O2/c1-13(19-18(21)17-14(2)22-9-10-23-17)11-20-8-7-15-5-3-4-6-16(15)12-20;2-1-3/h3-6,13H,7-12H2,1-2H3,(H,19,21);1H,(H,2,3). The fourth-order valence-corrected chi connectivity index (χ4v) is 3.16. The van der Waals surface area contributed by atoms with E-state index >= 15 is 0 Å². The van der Waals surface area contributed by atoms with E-state index in [0.29, 0.717) is 24.7 Å². The summed E-state index contributed by atoms with van der Waals surface area (Å²) < 4.78 is 10.8. The number of fused-ring (bicyclic) bond motifs is 1. The summed E-state index contributed by atoms with van der Waals surface area (Å²) in [5, 5.41) is 9.90. The number of rotatable bonds is 4. The van der Waals surface area contributed by atoms with E-state index < -0.39 is 0 Å². The Kier molecular flexibility index (Phi) is 7.47. The summed E-state index contributed by atoms with van der Waals surface area (Å²) in [6.07, 6.45) is 1.07. The van der Waals surface area contributed by atoms with Crippen LogP contribution in [-0.4, -0.2) is 54.7 Å². The van der Waals surface area contributed by atoms with Crippen LogP contribution < -0.4 is 5.32 Å². The van der Waals surface area contributed by atoms with E-state index in [-0.39, 0.29) is 18.4 Å². The smallest absolute Gasteiger partial charge is 0.290 e. The van der Waals surface area contributed by atoms with Crippen LogP contribution in [-0.2, 0) is 32.0 Å². The fraction of sp³-hybridized carbons (Fsp3) is 0.474. The maximum absolute atomic E-state index is 12.3. The molecule has 2 aliphatic rings. The van der Waals surface area contributed by atoms with Gasteiger partial charge in [0.2, 0.25) is 5.76 Å². The maximum atomic E-state index is 12.3. The summed E-state index contributed by atoms with van der Waals surface area (Å²) in [7, 11) is 0. The molecule has 3 rings (SSSR count). The predicted molar refractivity (Wildman–Crippen MR) is 96.3 cm³/mol. The third-order valence-corrected chi connectivity index (χ3v) is 4.29. The van der Waals surface area contributed by atoms with Gasteiger partial charge in [0.15, 0.2) is 0 Å². The van der Waals surface area contributed by atoms with Crippen LogP contribution in [0.2, 0.25) is 0 Å². The largest absolute Gasteiger partial charge is 0.491 e. The van der Waals surface area contributed by atoms with Crippen molar-refractivity contribution in [3.8, 4) is 0 Å². The van der Waals surface area contributed by atoms with Gasteiger partial charge in [-0.3, -0.25) is 14.5 Å². The summed E-state index contributed by atoms with van der Waals surface area (Å²) in [6.45, 7) is 7.27. The molecule has 1 aromatic rings. The Hall–Kier alpha value is -2.54. The van der Waals surface area contributed by atoms with E-state index in [2.05, 4.69) is 34.5 Å². The van der Waals surface area contributed by atoms with Gasteiger partial charge in [-0.2, -0.15) is 0 Å². The van der Waals surface area contributed by atoms with Gasteiger partial charge >= 0.3 is 0 Å². The molecule has 7 heteroatoms. The van der Waals surface area contributed by atoms with Crippen LogP contribution in [0, 0.1) is 0 Å². The van der Waals surface area contributed by atoms with Crippen molar-refractivity contribution in [3.63, 3.8) is 0 Å². The lowest BCUT2D eigenvalue weighted by molar-refractivity contribution is -0.124. The van der Waals surface area contributed by atoms with Crippen LogP contribution in [0.4, 0.5) is 0 Å². The van der Waals surface area contributed by atoms with Crippen molar-refractivity contribution in [1.82, 2.24) is 10.2 Å². The summed E-state index contributed by atoms with van der Waals surface area (Å²) >= 11 is 0. The van der Waals surface area contributed by atoms with Crippen molar-refractivity contribution in [3.05, 3.63) is 46.9 Å². The highest BCUT2D eigenvalue weighted by atomic mass is 16.6. The molecule has 7 nitrogen and oxygen atoms in total. The zero-order valence-electron chi connectivity index (χ0n) is 15.2. The molecule has 1 atom stereocenters. The van der Waals surface area contributed by atoms with Crippen LogP contribution >= 0.6 is 0 Å². The molecule has 0 saturated heterocycles. The van der Waals surface area contributed by atoms with Gasteiger partial charge in [0.25, 0.3) is 12.4 Å². The molecule has 2 N–H and O–H groups in total. The molecule has 0 radical (unpaired) electrons. The van der Waals surface area contributed by atoms with E-state index in [1.54, 1.807) is 6.92 Å². The highest BCUT2D eigenvalue weighted by Crippen LogP contribution is 2.18. The topological polar surface area (TPSA) is 88.1 Å². The van der Waals surface area contributed by atoms with Gasteiger partial charge in [-0.1, -0.05) is 24.3 Å². The first-order valence-corrected chi connectivity index (χ1v) is 8.69. The minimum atomic E-state index is -0.250. The van der Waals surface area contributed by atoms with Crippen LogP contribution in [0.3, 0.4) is 0 Å². The number of ether oxygens (including phenoxy) is 2. The number of carbonyl (C=O) groups excluding carboxylic acids is 1. The van der Waals surface area contributed by atoms with Crippen LogP contribution in [0.15, 0.2) is 35.8 Å². The molecule has 2 heterocycles. The molecule has 0 aromatic heterocycles. The monoisotopic (exact) mass is 362 g/mol. The quantitative estimate of drug-likeness (QED) is 0.790. The number of nitrogens with one attached hydrogen (secondary N) is 1. The first-order valence-electron chi connectivity index (χ1n) is 8.69. The van der Waals surface area contributed by atoms with Gasteiger partial charge in [-0.25, -0.2) is 0 Å². The van der Waals surface area contributed by atoms with Gasteiger partial charge in [0.05, 0.1) is 0 Å². The van der Waals surface area contributed by atoms with Gasteiger partial charge in [0, 0.05) is 25.7 Å². The normalized spacial score (nSPS) is 17.6. The third kappa shape index (κ3) is 5.49. The molecular formula is C19H26N2O5. The number of hydrogen-bond acceptors (Lipinski definition) is 5. The Labute approximate surface area is 153 Å². The number of benzene rings is 1. The van der Waals surface area contributed by atoms with Crippen LogP contribution in [0.25, 0.3) is 0 Å². The molecule has 1 amide bonds. The number of carbonyl (C=O) groups is 2. The second-order valence-corrected chi connectivity index (χ2v) is 6.32. The number of nitrogens with zero attached hydrogens (tertiary/aromatic N) is 1. The Morgan fingerprint density at radius 2 is 1.96 bits per heavy atom. The highest BCUT2D eigenvalue weighted by molar-refractivity contribution is 5.92. The minimum Gasteiger partial charge on any atom is -0.491 e. The van der Waals surface area contributed by atoms with Gasteiger partial charge in [-0.05, 0) is 31.4 Å². The average molecular weight is 362 g/mol. The lowest BCUT2D eigenvalue weighted by Gasteiger charge is -2.31. The Morgan fingerprint density at radius 1 is 1.31 bits per heavy atom. The second-order valence-electron chi connectivity index (χ2n) is 6.32. The Morgan fingerprint density at radius 3 is 2.65 bits per heavy atom. The van der Waals surface area contributed by atoms with Gasteiger partial charge in [-0.15, -0.1) is 0 Å². The molecule has 2 aliphatic heterocycles. The molecule has 0 fully saturated rings. The van der Waals surface area contributed by atoms with E-state index in [1.165, 1.54) is 11.1 Å². The van der Waals surface area contributed by atoms with Crippen molar-refractivity contribution in [2.24, 2.45) is 0 Å². The Balaban J connectivity index is 0.000000758. The first kappa shape index (κ1) is 19.8. The van der Waals surface area contributed by atoms with Gasteiger partial charge in [0.1, 0.15) is 19.0 Å². The molecule has 0 spiro atoms. The molecule has 0 aliphatic carbocycles. The van der Waals surface area contributed by atoms with E-state index in [0.717, 1.165) is 26.1 Å². The zero-order valence-corrected chi connectivity index (χ0v) is 15.2. The predicted octanol–water partition coefficient (Wildman–Crippen LogP) is 1.53. The van der Waals surface area contributed by atoms with Gasteiger partial charge < -0.3 is 19.9 Å². The zero-order chi connectivity index (χ0) is 18.9. The van der Waals surface area contributed by atoms with Crippen LogP contribution in [0.1, 0.15) is 25.0 Å². The molecule has 1 unspecified atom stereocenters. The minimum absolute atomic E-state index is 0.0542. The molecule has 0 bridgehead atoms. The first-order chi connectivity index (χ1) is 12.5. The second kappa shape index (κ2) is 9.82. The van der Waals surface area contributed by atoms with Crippen molar-refractivity contribution in [2.75, 3.05) is 26.3 Å². The number of hydrogen-bond donors (Lipinski definition) is 2. The number of carboxylic acid groups (broad SMARTS) is 1. The van der Waals surface area contributed by atoms with E-state index in [1.807, 2.05) is 6.92 Å². The molecule has 26 heavy (non-hydrogen) atoms. The summed E-state index contributed by atoms with van der Waals surface area (Å²) in [5.74, 6) is 0.687. The molecule has 1 aromatic carbocycles. The van der Waals surface area contributed by atoms with E-state index in [4.69, 9.17) is 19.4 Å². The lowest BCUT2D eigenvalue weighted by atomic mass is 10.00. The van der Waals surface area contributed by atoms with Crippen LogP contribution in [0.5, 0.6) is 0 Å². The maximum Gasteiger partial charge on any atom is 0.290 e. The number of allylic oxidation sites excluding steroid dienone is 1.